The van der Waals surface area contributed by atoms with Gasteiger partial charge in [0.15, 0.2) is 11.5 Å². The molecule has 0 aromatic heterocycles. The summed E-state index contributed by atoms with van der Waals surface area (Å²) in [7, 11) is 1.55. The lowest BCUT2D eigenvalue weighted by molar-refractivity contribution is -0.0260. The van der Waals surface area contributed by atoms with Gasteiger partial charge in [-0.25, -0.2) is 0 Å². The molecule has 1 aromatic carbocycles. The van der Waals surface area contributed by atoms with Gasteiger partial charge in [0.2, 0.25) is 0 Å². The average molecular weight is 252 g/mol. The number of rotatable bonds is 4. The number of aromatic hydroxyl groups is 1. The van der Waals surface area contributed by atoms with Crippen molar-refractivity contribution < 1.29 is 14.6 Å². The SMILES string of the molecule is COc1cc(CN2CCOC(CN)C2)ccc1O. The molecule has 1 saturated heterocycles. The summed E-state index contributed by atoms with van der Waals surface area (Å²) in [5.74, 6) is 0.680. The molecule has 2 rings (SSSR count). The summed E-state index contributed by atoms with van der Waals surface area (Å²) < 4.78 is 10.6. The maximum atomic E-state index is 9.55. The van der Waals surface area contributed by atoms with Gasteiger partial charge in [-0.1, -0.05) is 6.07 Å². The summed E-state index contributed by atoms with van der Waals surface area (Å²) in [6, 6.07) is 5.43. The monoisotopic (exact) mass is 252 g/mol. The fraction of sp³-hybridized carbons (Fsp3) is 0.538. The van der Waals surface area contributed by atoms with Crippen LogP contribution in [0.3, 0.4) is 0 Å². The number of phenols is 1. The predicted molar refractivity (Wildman–Crippen MR) is 68.7 cm³/mol. The number of hydrogen-bond acceptors (Lipinski definition) is 5. The summed E-state index contributed by atoms with van der Waals surface area (Å²) in [6.07, 6.45) is 0.123. The summed E-state index contributed by atoms with van der Waals surface area (Å²) in [6.45, 7) is 3.84. The topological polar surface area (TPSA) is 68.0 Å². The van der Waals surface area contributed by atoms with E-state index < -0.39 is 0 Å². The highest BCUT2D eigenvalue weighted by molar-refractivity contribution is 5.41. The van der Waals surface area contributed by atoms with E-state index in [2.05, 4.69) is 4.90 Å². The van der Waals surface area contributed by atoms with Crippen LogP contribution in [0.2, 0.25) is 0 Å². The number of methoxy groups -OCH3 is 1. The van der Waals surface area contributed by atoms with Crippen LogP contribution >= 0.6 is 0 Å². The molecule has 3 N–H and O–H groups in total. The van der Waals surface area contributed by atoms with Crippen molar-refractivity contribution in [2.45, 2.75) is 12.6 Å². The standard InChI is InChI=1S/C13H20N2O3/c1-17-13-6-10(2-3-12(13)16)8-15-4-5-18-11(7-14)9-15/h2-3,6,11,16H,4-5,7-9,14H2,1H3. The Morgan fingerprint density at radius 1 is 1.56 bits per heavy atom. The Hall–Kier alpha value is -1.30. The van der Waals surface area contributed by atoms with Crippen LogP contribution in [-0.2, 0) is 11.3 Å². The maximum absolute atomic E-state index is 9.55. The number of ether oxygens (including phenoxy) is 2. The van der Waals surface area contributed by atoms with Crippen molar-refractivity contribution in [2.24, 2.45) is 5.73 Å². The first kappa shape index (κ1) is 13.1. The molecule has 0 saturated carbocycles. The van der Waals surface area contributed by atoms with Crippen LogP contribution < -0.4 is 10.5 Å². The highest BCUT2D eigenvalue weighted by Gasteiger charge is 2.19. The predicted octanol–water partition coefficient (Wildman–Crippen LogP) is 0.560. The van der Waals surface area contributed by atoms with Gasteiger partial charge < -0.3 is 20.3 Å². The van der Waals surface area contributed by atoms with Crippen LogP contribution in [0, 0.1) is 0 Å². The highest BCUT2D eigenvalue weighted by atomic mass is 16.5. The first-order valence-corrected chi connectivity index (χ1v) is 6.13. The summed E-state index contributed by atoms with van der Waals surface area (Å²) in [5.41, 5.74) is 6.73. The fourth-order valence-corrected chi connectivity index (χ4v) is 2.15. The molecule has 1 aromatic rings. The Balaban J connectivity index is 2.00. The molecule has 1 aliphatic heterocycles. The van der Waals surface area contributed by atoms with E-state index in [9.17, 15) is 5.11 Å². The van der Waals surface area contributed by atoms with Crippen LogP contribution in [0.15, 0.2) is 18.2 Å². The van der Waals surface area contributed by atoms with Crippen LogP contribution in [0.4, 0.5) is 0 Å². The van der Waals surface area contributed by atoms with Crippen molar-refractivity contribution in [1.29, 1.82) is 0 Å². The van der Waals surface area contributed by atoms with Crippen LogP contribution in [0.25, 0.3) is 0 Å². The Morgan fingerprint density at radius 3 is 3.11 bits per heavy atom. The van der Waals surface area contributed by atoms with Crippen molar-refractivity contribution in [2.75, 3.05) is 33.4 Å². The fourth-order valence-electron chi connectivity index (χ4n) is 2.15. The molecule has 0 radical (unpaired) electrons. The highest BCUT2D eigenvalue weighted by Crippen LogP contribution is 2.27. The third-order valence-electron chi connectivity index (χ3n) is 3.14. The quantitative estimate of drug-likeness (QED) is 0.819. The minimum absolute atomic E-state index is 0.123. The van der Waals surface area contributed by atoms with E-state index in [1.165, 1.54) is 0 Å². The molecule has 0 bridgehead atoms. The number of morpholine rings is 1. The van der Waals surface area contributed by atoms with Crippen LogP contribution in [-0.4, -0.2) is 49.5 Å². The maximum Gasteiger partial charge on any atom is 0.160 e. The van der Waals surface area contributed by atoms with Gasteiger partial charge in [0.25, 0.3) is 0 Å². The van der Waals surface area contributed by atoms with Crippen molar-refractivity contribution in [3.8, 4) is 11.5 Å². The zero-order chi connectivity index (χ0) is 13.0. The first-order valence-electron chi connectivity index (χ1n) is 6.13. The Morgan fingerprint density at radius 2 is 2.39 bits per heavy atom. The van der Waals surface area contributed by atoms with Crippen LogP contribution in [0.5, 0.6) is 11.5 Å². The minimum Gasteiger partial charge on any atom is -0.504 e. The molecule has 1 aliphatic rings. The first-order chi connectivity index (χ1) is 8.72. The molecular weight excluding hydrogens is 232 g/mol. The van der Waals surface area contributed by atoms with Gasteiger partial charge in [0.05, 0.1) is 19.8 Å². The summed E-state index contributed by atoms with van der Waals surface area (Å²) >= 11 is 0. The molecule has 1 heterocycles. The van der Waals surface area contributed by atoms with E-state index in [-0.39, 0.29) is 11.9 Å². The number of nitrogens with two attached hydrogens (primary N) is 1. The third kappa shape index (κ3) is 3.13. The summed E-state index contributed by atoms with van der Waals surface area (Å²) in [5, 5.41) is 9.55. The van der Waals surface area contributed by atoms with Crippen molar-refractivity contribution >= 4 is 0 Å². The van der Waals surface area contributed by atoms with Crippen LogP contribution in [0.1, 0.15) is 5.56 Å². The smallest absolute Gasteiger partial charge is 0.160 e. The Kier molecular flexibility index (Phi) is 4.41. The van der Waals surface area contributed by atoms with E-state index in [1.807, 2.05) is 12.1 Å². The van der Waals surface area contributed by atoms with Crippen molar-refractivity contribution in [3.63, 3.8) is 0 Å². The summed E-state index contributed by atoms with van der Waals surface area (Å²) in [4.78, 5) is 2.30. The lowest BCUT2D eigenvalue weighted by atomic mass is 10.1. The molecule has 1 atom stereocenters. The molecular formula is C13H20N2O3. The van der Waals surface area contributed by atoms with Gasteiger partial charge >= 0.3 is 0 Å². The molecule has 100 valence electrons. The second kappa shape index (κ2) is 6.04. The number of hydrogen-bond donors (Lipinski definition) is 2. The largest absolute Gasteiger partial charge is 0.504 e. The molecule has 5 heteroatoms. The van der Waals surface area contributed by atoms with E-state index in [0.717, 1.165) is 31.8 Å². The number of nitrogens with zero attached hydrogens (tertiary/aromatic N) is 1. The van der Waals surface area contributed by atoms with Gasteiger partial charge in [-0.3, -0.25) is 4.90 Å². The molecule has 1 fully saturated rings. The van der Waals surface area contributed by atoms with E-state index in [4.69, 9.17) is 15.2 Å². The third-order valence-corrected chi connectivity index (χ3v) is 3.14. The molecule has 5 nitrogen and oxygen atoms in total. The lowest BCUT2D eigenvalue weighted by Crippen LogP contribution is -2.45. The van der Waals surface area contributed by atoms with E-state index in [0.29, 0.717) is 12.3 Å². The zero-order valence-electron chi connectivity index (χ0n) is 10.6. The molecule has 0 amide bonds. The number of phenolic OH excluding ortho intramolecular Hbond substituents is 1. The van der Waals surface area contributed by atoms with Gasteiger partial charge in [-0.15, -0.1) is 0 Å². The lowest BCUT2D eigenvalue weighted by Gasteiger charge is -2.32. The Labute approximate surface area is 107 Å². The second-order valence-electron chi connectivity index (χ2n) is 4.47. The molecule has 1 unspecified atom stereocenters. The normalized spacial score (nSPS) is 20.9. The molecule has 18 heavy (non-hydrogen) atoms. The van der Waals surface area contributed by atoms with Gasteiger partial charge in [-0.2, -0.15) is 0 Å². The van der Waals surface area contributed by atoms with Gasteiger partial charge in [-0.05, 0) is 17.7 Å². The van der Waals surface area contributed by atoms with E-state index in [1.54, 1.807) is 13.2 Å². The molecule has 0 aliphatic carbocycles. The average Bonchev–Trinajstić information content (AvgIpc) is 2.41. The van der Waals surface area contributed by atoms with Crippen molar-refractivity contribution in [3.05, 3.63) is 23.8 Å². The zero-order valence-corrected chi connectivity index (χ0v) is 10.6. The minimum atomic E-state index is 0.123. The van der Waals surface area contributed by atoms with Gasteiger partial charge in [0, 0.05) is 26.2 Å². The van der Waals surface area contributed by atoms with Gasteiger partial charge in [0.1, 0.15) is 0 Å². The molecule has 0 spiro atoms. The van der Waals surface area contributed by atoms with E-state index >= 15 is 0 Å². The van der Waals surface area contributed by atoms with Crippen molar-refractivity contribution in [1.82, 2.24) is 4.90 Å². The second-order valence-corrected chi connectivity index (χ2v) is 4.47. The number of benzene rings is 1. The Bertz CT molecular complexity index is 398.